The molecule has 0 spiro atoms. The average molecular weight is 304 g/mol. The molecule has 0 amide bonds. The first-order valence-electron chi connectivity index (χ1n) is 3.02. The summed E-state index contributed by atoms with van der Waals surface area (Å²) in [5, 5.41) is 0. The second-order valence-electron chi connectivity index (χ2n) is 2.32. The molecule has 0 unspecified atom stereocenters. The van der Waals surface area contributed by atoms with Crippen molar-refractivity contribution in [2.75, 3.05) is 0 Å². The van der Waals surface area contributed by atoms with Crippen LogP contribution in [0.25, 0.3) is 0 Å². The van der Waals surface area contributed by atoms with E-state index in [4.69, 9.17) is 0 Å². The Morgan fingerprint density at radius 1 is 1.30 bits per heavy atom. The van der Waals surface area contributed by atoms with Gasteiger partial charge in [0.25, 0.3) is 0 Å². The topological polar surface area (TPSA) is 12.9 Å². The van der Waals surface area contributed by atoms with Gasteiger partial charge in [-0.1, -0.05) is 32.7 Å². The summed E-state index contributed by atoms with van der Waals surface area (Å²) in [7, 11) is 0. The Labute approximate surface area is 76.1 Å². The monoisotopic (exact) mass is 304 g/mol. The van der Waals surface area contributed by atoms with E-state index < -0.39 is 0 Å². The van der Waals surface area contributed by atoms with Crippen molar-refractivity contribution < 1.29 is 21.1 Å². The average Bonchev–Trinajstić information content (AvgIpc) is 1.80. The van der Waals surface area contributed by atoms with Gasteiger partial charge in [-0.25, -0.2) is 0 Å². The van der Waals surface area contributed by atoms with Crippen LogP contribution in [0.4, 0.5) is 0 Å². The maximum atomic E-state index is 4.05. The van der Waals surface area contributed by atoms with Gasteiger partial charge in [-0.2, -0.15) is 6.07 Å². The van der Waals surface area contributed by atoms with Crippen molar-refractivity contribution in [1.29, 1.82) is 0 Å². The summed E-state index contributed by atoms with van der Waals surface area (Å²) in [6, 6.07) is 2.09. The van der Waals surface area contributed by atoms with E-state index in [2.05, 4.69) is 24.2 Å². The van der Waals surface area contributed by atoms with E-state index in [1.54, 1.807) is 0 Å². The van der Waals surface area contributed by atoms with Crippen LogP contribution in [-0.2, 0) is 21.1 Å². The molecule has 0 aliphatic rings. The van der Waals surface area contributed by atoms with Crippen molar-refractivity contribution in [2.24, 2.45) is 0 Å². The minimum absolute atomic E-state index is 0. The van der Waals surface area contributed by atoms with Gasteiger partial charge in [-0.3, -0.25) is 0 Å². The van der Waals surface area contributed by atoms with Gasteiger partial charge in [0.2, 0.25) is 0 Å². The van der Waals surface area contributed by atoms with Gasteiger partial charge in [-0.05, 0) is 0 Å². The normalized spacial score (nSPS) is 8.70. The Kier molecular flexibility index (Phi) is 3.81. The van der Waals surface area contributed by atoms with Crippen LogP contribution in [0.5, 0.6) is 0 Å². The molecule has 1 aromatic heterocycles. The summed E-state index contributed by atoms with van der Waals surface area (Å²) >= 11 is 0. The molecule has 0 aliphatic heterocycles. The van der Waals surface area contributed by atoms with Crippen molar-refractivity contribution in [3.8, 4) is 0 Å². The molecule has 0 bridgehead atoms. The largest absolute Gasteiger partial charge is 0.391 e. The fourth-order valence-corrected chi connectivity index (χ4v) is 0.722. The van der Waals surface area contributed by atoms with Crippen LogP contribution in [-0.4, -0.2) is 4.98 Å². The Balaban J connectivity index is 0.000000810. The third kappa shape index (κ3) is 2.22. The summed E-state index contributed by atoms with van der Waals surface area (Å²) < 4.78 is 0. The zero-order chi connectivity index (χ0) is 6.85. The number of pyridine rings is 1. The minimum Gasteiger partial charge on any atom is -0.391 e. The number of aryl methyl sites for hydroxylation is 3. The quantitative estimate of drug-likeness (QED) is 0.666. The molecular formula is C8H10NW-. The van der Waals surface area contributed by atoms with E-state index >= 15 is 0 Å². The van der Waals surface area contributed by atoms with E-state index in [0.29, 0.717) is 0 Å². The smallest absolute Gasteiger partial charge is 0 e. The van der Waals surface area contributed by atoms with Crippen LogP contribution in [0.3, 0.4) is 0 Å². The van der Waals surface area contributed by atoms with Gasteiger partial charge in [0, 0.05) is 21.1 Å². The summed E-state index contributed by atoms with van der Waals surface area (Å²) in [6.07, 6.45) is 2.89. The molecule has 0 radical (unpaired) electrons. The van der Waals surface area contributed by atoms with Gasteiger partial charge in [0.05, 0.1) is 0 Å². The maximum Gasteiger partial charge on any atom is 0 e. The molecule has 0 aliphatic carbocycles. The minimum atomic E-state index is 0. The summed E-state index contributed by atoms with van der Waals surface area (Å²) in [4.78, 5) is 4.05. The molecule has 0 saturated carbocycles. The Hall–Kier alpha value is -0.162. The second-order valence-corrected chi connectivity index (χ2v) is 2.32. The third-order valence-corrected chi connectivity index (χ3v) is 1.40. The van der Waals surface area contributed by atoms with Gasteiger partial charge >= 0.3 is 0 Å². The van der Waals surface area contributed by atoms with E-state index in [-0.39, 0.29) is 21.1 Å². The van der Waals surface area contributed by atoms with E-state index in [9.17, 15) is 0 Å². The summed E-state index contributed by atoms with van der Waals surface area (Å²) in [6.45, 7) is 6.05. The number of rotatable bonds is 0. The SMILES string of the molecule is Cc1[c-]nc(C)c(C)c1.[W]. The van der Waals surface area contributed by atoms with E-state index in [1.165, 1.54) is 5.56 Å². The van der Waals surface area contributed by atoms with Gasteiger partial charge in [-0.15, -0.1) is 11.1 Å². The van der Waals surface area contributed by atoms with Crippen molar-refractivity contribution in [3.63, 3.8) is 0 Å². The molecule has 1 heterocycles. The van der Waals surface area contributed by atoms with Crippen LogP contribution < -0.4 is 0 Å². The van der Waals surface area contributed by atoms with Crippen molar-refractivity contribution in [3.05, 3.63) is 29.1 Å². The fraction of sp³-hybridized carbons (Fsp3) is 0.375. The summed E-state index contributed by atoms with van der Waals surface area (Å²) in [5.41, 5.74) is 3.42. The molecule has 0 fully saturated rings. The van der Waals surface area contributed by atoms with Crippen LogP contribution in [0.15, 0.2) is 6.07 Å². The first kappa shape index (κ1) is 9.84. The second kappa shape index (κ2) is 3.87. The fourth-order valence-electron chi connectivity index (χ4n) is 0.722. The molecule has 54 valence electrons. The van der Waals surface area contributed by atoms with Gasteiger partial charge < -0.3 is 4.98 Å². The Morgan fingerprint density at radius 3 is 2.30 bits per heavy atom. The first-order chi connectivity index (χ1) is 4.20. The molecule has 1 aromatic rings. The van der Waals surface area contributed by atoms with Crippen LogP contribution in [0.1, 0.15) is 16.8 Å². The van der Waals surface area contributed by atoms with Gasteiger partial charge in [0.1, 0.15) is 0 Å². The predicted molar refractivity (Wildman–Crippen MR) is 37.3 cm³/mol. The van der Waals surface area contributed by atoms with Crippen molar-refractivity contribution in [1.82, 2.24) is 4.98 Å². The van der Waals surface area contributed by atoms with E-state index in [1.807, 2.05) is 13.8 Å². The Bertz CT molecular complexity index is 220. The van der Waals surface area contributed by atoms with Crippen LogP contribution >= 0.6 is 0 Å². The predicted octanol–water partition coefficient (Wildman–Crippen LogP) is 1.80. The molecule has 1 nitrogen and oxygen atoms in total. The molecule has 0 N–H and O–H groups in total. The van der Waals surface area contributed by atoms with Crippen LogP contribution in [0.2, 0.25) is 0 Å². The molecular weight excluding hydrogens is 294 g/mol. The molecule has 2 heteroatoms. The molecule has 1 rings (SSSR count). The van der Waals surface area contributed by atoms with Crippen LogP contribution in [0, 0.1) is 27.0 Å². The van der Waals surface area contributed by atoms with Crippen molar-refractivity contribution in [2.45, 2.75) is 20.8 Å². The van der Waals surface area contributed by atoms with Gasteiger partial charge in [0.15, 0.2) is 0 Å². The number of hydrogen-bond donors (Lipinski definition) is 0. The maximum absolute atomic E-state index is 4.05. The van der Waals surface area contributed by atoms with Crippen molar-refractivity contribution >= 4 is 0 Å². The number of aromatic nitrogens is 1. The molecule has 10 heavy (non-hydrogen) atoms. The van der Waals surface area contributed by atoms with E-state index in [0.717, 1.165) is 11.3 Å². The Morgan fingerprint density at radius 2 is 1.90 bits per heavy atom. The third-order valence-electron chi connectivity index (χ3n) is 1.40. The first-order valence-corrected chi connectivity index (χ1v) is 3.02. The standard InChI is InChI=1S/C8H10N.W/c1-6-4-7(2)8(3)9-5-6;/h4H,1-3H3;/q-1;. The molecule has 0 aromatic carbocycles. The molecule has 0 atom stereocenters. The summed E-state index contributed by atoms with van der Waals surface area (Å²) in [5.74, 6) is 0. The zero-order valence-corrected chi connectivity index (χ0v) is 9.37. The number of hydrogen-bond acceptors (Lipinski definition) is 1. The number of nitrogens with zero attached hydrogens (tertiary/aromatic N) is 1. The zero-order valence-electron chi connectivity index (χ0n) is 6.43. The molecule has 0 saturated heterocycles.